The summed E-state index contributed by atoms with van der Waals surface area (Å²) in [5.74, 6) is -0.313. The van der Waals surface area contributed by atoms with Crippen LogP contribution in [0.15, 0.2) is 54.7 Å². The van der Waals surface area contributed by atoms with Crippen LogP contribution in [-0.2, 0) is 4.74 Å². The number of ether oxygens (including phenoxy) is 2. The van der Waals surface area contributed by atoms with Crippen LogP contribution in [0.1, 0.15) is 28.1 Å². The van der Waals surface area contributed by atoms with Crippen LogP contribution in [0.2, 0.25) is 0 Å². The van der Waals surface area contributed by atoms with Gasteiger partial charge in [-0.25, -0.2) is 14.2 Å². The second kappa shape index (κ2) is 9.45. The summed E-state index contributed by atoms with van der Waals surface area (Å²) in [4.78, 5) is 33.3. The summed E-state index contributed by atoms with van der Waals surface area (Å²) in [7, 11) is 0. The van der Waals surface area contributed by atoms with Crippen molar-refractivity contribution in [1.82, 2.24) is 10.3 Å². The molecule has 3 amide bonds. The minimum Gasteiger partial charge on any atom is -0.454 e. The van der Waals surface area contributed by atoms with Crippen molar-refractivity contribution in [3.8, 4) is 11.5 Å². The molecule has 188 valence electrons. The van der Waals surface area contributed by atoms with E-state index in [4.69, 9.17) is 9.47 Å². The molecule has 1 saturated heterocycles. The number of anilines is 3. The number of thiophene rings is 1. The van der Waals surface area contributed by atoms with Crippen molar-refractivity contribution in [1.29, 1.82) is 0 Å². The molecular formula is C27H23FN4O4S. The molecule has 2 aliphatic heterocycles. The van der Waals surface area contributed by atoms with Gasteiger partial charge in [-0.05, 0) is 49.6 Å². The Morgan fingerprint density at radius 3 is 2.86 bits per heavy atom. The van der Waals surface area contributed by atoms with Crippen LogP contribution >= 0.6 is 11.3 Å². The number of pyridine rings is 1. The van der Waals surface area contributed by atoms with Crippen LogP contribution in [0.3, 0.4) is 0 Å². The van der Waals surface area contributed by atoms with Gasteiger partial charge in [-0.1, -0.05) is 18.2 Å². The van der Waals surface area contributed by atoms with E-state index in [1.807, 2.05) is 6.07 Å². The smallest absolute Gasteiger partial charge is 0.331 e. The van der Waals surface area contributed by atoms with Gasteiger partial charge in [-0.3, -0.25) is 9.69 Å². The first-order valence-electron chi connectivity index (χ1n) is 11.9. The SMILES string of the molecule is Cc1cc(Oc2ccccc2)c(F)cc1N1C(=O)Nc2c(C(=O)N[C@H]3CCCOC3)sc3nccc1c23. The van der Waals surface area contributed by atoms with Gasteiger partial charge in [0.1, 0.15) is 15.5 Å². The summed E-state index contributed by atoms with van der Waals surface area (Å²) >= 11 is 1.21. The van der Waals surface area contributed by atoms with Crippen molar-refractivity contribution in [2.45, 2.75) is 25.8 Å². The second-order valence-electron chi connectivity index (χ2n) is 8.95. The molecule has 10 heteroatoms. The van der Waals surface area contributed by atoms with Crippen LogP contribution < -0.4 is 20.3 Å². The van der Waals surface area contributed by atoms with Gasteiger partial charge >= 0.3 is 6.03 Å². The molecule has 0 spiro atoms. The molecule has 6 rings (SSSR count). The van der Waals surface area contributed by atoms with E-state index in [-0.39, 0.29) is 17.7 Å². The van der Waals surface area contributed by atoms with Gasteiger partial charge in [0.25, 0.3) is 5.91 Å². The molecule has 8 nitrogen and oxygen atoms in total. The molecule has 4 aromatic rings. The molecule has 0 unspecified atom stereocenters. The van der Waals surface area contributed by atoms with Gasteiger partial charge in [0, 0.05) is 18.9 Å². The minimum atomic E-state index is -0.603. The molecular weight excluding hydrogens is 495 g/mol. The van der Waals surface area contributed by atoms with Gasteiger partial charge in [0.2, 0.25) is 0 Å². The molecule has 1 atom stereocenters. The van der Waals surface area contributed by atoms with Crippen LogP contribution in [0, 0.1) is 12.7 Å². The fourth-order valence-corrected chi connectivity index (χ4v) is 5.69. The first kappa shape index (κ1) is 23.4. The molecule has 4 heterocycles. The number of nitrogens with one attached hydrogen (secondary N) is 2. The van der Waals surface area contributed by atoms with Crippen molar-refractivity contribution in [2.75, 3.05) is 23.4 Å². The third-order valence-corrected chi connectivity index (χ3v) is 7.51. The van der Waals surface area contributed by atoms with Gasteiger partial charge in [-0.15, -0.1) is 11.3 Å². The molecule has 37 heavy (non-hydrogen) atoms. The summed E-state index contributed by atoms with van der Waals surface area (Å²) in [5, 5.41) is 6.50. The van der Waals surface area contributed by atoms with Crippen molar-refractivity contribution in [3.05, 3.63) is 71.0 Å². The Labute approximate surface area is 216 Å². The summed E-state index contributed by atoms with van der Waals surface area (Å²) < 4.78 is 26.3. The third kappa shape index (κ3) is 4.28. The van der Waals surface area contributed by atoms with Gasteiger partial charge in [-0.2, -0.15) is 0 Å². The largest absolute Gasteiger partial charge is 0.454 e. The summed E-state index contributed by atoms with van der Waals surface area (Å²) in [5.41, 5.74) is 1.95. The molecule has 2 aliphatic rings. The number of urea groups is 1. The number of halogens is 1. The number of carbonyl (C=O) groups is 2. The molecule has 0 aliphatic carbocycles. The van der Waals surface area contributed by atoms with Crippen molar-refractivity contribution in [2.24, 2.45) is 0 Å². The van der Waals surface area contributed by atoms with E-state index < -0.39 is 11.8 Å². The Bertz CT molecular complexity index is 1520. The number of amides is 3. The third-order valence-electron chi connectivity index (χ3n) is 6.41. The average Bonchev–Trinajstić information content (AvgIpc) is 3.27. The number of nitrogens with zero attached hydrogens (tertiary/aromatic N) is 2. The highest BCUT2D eigenvalue weighted by molar-refractivity contribution is 7.21. The van der Waals surface area contributed by atoms with E-state index in [1.165, 1.54) is 22.3 Å². The summed E-state index contributed by atoms with van der Waals surface area (Å²) in [6, 6.07) is 12.9. The molecule has 0 bridgehead atoms. The maximum absolute atomic E-state index is 15.2. The lowest BCUT2D eigenvalue weighted by molar-refractivity contribution is 0.0626. The highest BCUT2D eigenvalue weighted by Gasteiger charge is 2.34. The van der Waals surface area contributed by atoms with Crippen LogP contribution in [0.5, 0.6) is 11.5 Å². The van der Waals surface area contributed by atoms with Gasteiger partial charge in [0.05, 0.1) is 35.1 Å². The number of benzene rings is 2. The van der Waals surface area contributed by atoms with E-state index >= 15 is 4.39 Å². The minimum absolute atomic E-state index is 0.0617. The Morgan fingerprint density at radius 1 is 1.24 bits per heavy atom. The number of rotatable bonds is 5. The zero-order valence-corrected chi connectivity index (χ0v) is 20.7. The van der Waals surface area contributed by atoms with E-state index in [0.717, 1.165) is 12.8 Å². The Hall–Kier alpha value is -4.02. The Balaban J connectivity index is 1.37. The lowest BCUT2D eigenvalue weighted by Gasteiger charge is -2.30. The van der Waals surface area contributed by atoms with Crippen LogP contribution in [-0.4, -0.2) is 36.2 Å². The van der Waals surface area contributed by atoms with Gasteiger partial charge in [0.15, 0.2) is 11.6 Å². The Kier molecular flexibility index (Phi) is 5.97. The normalized spacial score (nSPS) is 17.0. The number of para-hydroxylation sites is 1. The lowest BCUT2D eigenvalue weighted by Crippen LogP contribution is -2.41. The highest BCUT2D eigenvalue weighted by Crippen LogP contribution is 2.47. The van der Waals surface area contributed by atoms with Crippen molar-refractivity contribution < 1.29 is 23.5 Å². The van der Waals surface area contributed by atoms with E-state index in [1.54, 1.807) is 49.5 Å². The predicted molar refractivity (Wildman–Crippen MR) is 140 cm³/mol. The number of aromatic nitrogens is 1. The zero-order chi connectivity index (χ0) is 25.5. The molecule has 2 aromatic heterocycles. The molecule has 2 N–H and O–H groups in total. The molecule has 1 fully saturated rings. The van der Waals surface area contributed by atoms with Gasteiger partial charge < -0.3 is 20.1 Å². The average molecular weight is 519 g/mol. The quantitative estimate of drug-likeness (QED) is 0.332. The fraction of sp³-hybridized carbons (Fsp3) is 0.222. The summed E-state index contributed by atoms with van der Waals surface area (Å²) in [6.45, 7) is 2.94. The Morgan fingerprint density at radius 2 is 2.08 bits per heavy atom. The first-order chi connectivity index (χ1) is 18.0. The highest BCUT2D eigenvalue weighted by atomic mass is 32.1. The number of hydrogen-bond donors (Lipinski definition) is 2. The predicted octanol–water partition coefficient (Wildman–Crippen LogP) is 6.13. The first-order valence-corrected chi connectivity index (χ1v) is 12.8. The molecule has 2 aromatic carbocycles. The number of aryl methyl sites for hydroxylation is 1. The summed E-state index contributed by atoms with van der Waals surface area (Å²) in [6.07, 6.45) is 3.30. The number of hydrogen-bond acceptors (Lipinski definition) is 6. The second-order valence-corrected chi connectivity index (χ2v) is 9.95. The van der Waals surface area contributed by atoms with E-state index in [9.17, 15) is 9.59 Å². The van der Waals surface area contributed by atoms with Crippen LogP contribution in [0.4, 0.5) is 26.2 Å². The maximum Gasteiger partial charge on any atom is 0.331 e. The topological polar surface area (TPSA) is 92.8 Å². The maximum atomic E-state index is 15.2. The van der Waals surface area contributed by atoms with E-state index in [0.29, 0.717) is 56.7 Å². The standard InChI is InChI=1S/C27H23FN4O4S/c1-15-12-21(36-17-7-3-2-4-8-17)18(28)13-20(15)32-19-9-10-29-26-22(19)23(31-27(32)34)24(37-26)25(33)30-16-6-5-11-35-14-16/h2-4,7-10,12-13,16H,5-6,11,14H2,1H3,(H,30,33)(H,31,34)/t16-/m0/s1. The lowest BCUT2D eigenvalue weighted by atomic mass is 10.1. The van der Waals surface area contributed by atoms with Crippen LogP contribution in [0.25, 0.3) is 10.2 Å². The molecule has 0 radical (unpaired) electrons. The van der Waals surface area contributed by atoms with E-state index in [2.05, 4.69) is 15.6 Å². The van der Waals surface area contributed by atoms with Crippen molar-refractivity contribution in [3.63, 3.8) is 0 Å². The fourth-order valence-electron chi connectivity index (χ4n) is 4.67. The monoisotopic (exact) mass is 518 g/mol. The zero-order valence-electron chi connectivity index (χ0n) is 19.9. The van der Waals surface area contributed by atoms with Crippen molar-refractivity contribution >= 4 is 50.6 Å². The number of carbonyl (C=O) groups excluding carboxylic acids is 2. The molecule has 0 saturated carbocycles.